The van der Waals surface area contributed by atoms with E-state index >= 15 is 0 Å². The second-order valence-corrected chi connectivity index (χ2v) is 2.71. The molecule has 82 valence electrons. The first-order valence-corrected chi connectivity index (χ1v) is 4.11. The molecule has 0 radical (unpaired) electrons. The minimum Gasteiger partial charge on any atom is -0.418 e. The summed E-state index contributed by atoms with van der Waals surface area (Å²) in [5, 5.41) is 0. The maximum Gasteiger partial charge on any atom is 0.673 e. The third kappa shape index (κ3) is 6.50. The van der Waals surface area contributed by atoms with Crippen LogP contribution in [0.5, 0.6) is 0 Å². The molecule has 0 N–H and O–H groups in total. The van der Waals surface area contributed by atoms with Crippen LogP contribution in [0.1, 0.15) is 18.4 Å². The Bertz CT molecular complexity index is 276. The molecule has 0 bridgehead atoms. The first-order valence-electron chi connectivity index (χ1n) is 4.11. The molecule has 0 fully saturated rings. The zero-order valence-corrected chi connectivity index (χ0v) is 8.27. The van der Waals surface area contributed by atoms with Crippen molar-refractivity contribution in [2.24, 2.45) is 0 Å². The van der Waals surface area contributed by atoms with E-state index in [4.69, 9.17) is 0 Å². The Morgan fingerprint density at radius 2 is 1.71 bits per heavy atom. The van der Waals surface area contributed by atoms with Crippen molar-refractivity contribution < 1.29 is 17.3 Å². The van der Waals surface area contributed by atoms with Gasteiger partial charge in [-0.2, -0.15) is 0 Å². The molecule has 1 aromatic rings. The van der Waals surface area contributed by atoms with Crippen molar-refractivity contribution in [2.45, 2.75) is 27.3 Å². The summed E-state index contributed by atoms with van der Waals surface area (Å²) in [7, 11) is -6.00. The minimum absolute atomic E-state index is 1.02. The number of aromatic nitrogens is 2. The van der Waals surface area contributed by atoms with Gasteiger partial charge in [0.1, 0.15) is 5.82 Å². The Labute approximate surface area is 80.1 Å². The second-order valence-electron chi connectivity index (χ2n) is 2.71. The van der Waals surface area contributed by atoms with E-state index in [1.165, 1.54) is 0 Å². The molecule has 0 aliphatic carbocycles. The summed E-state index contributed by atoms with van der Waals surface area (Å²) in [4.78, 5) is 4.24. The summed E-state index contributed by atoms with van der Waals surface area (Å²) in [6.07, 6.45) is 2.06. The number of rotatable bonds is 1. The highest BCUT2D eigenvalue weighted by Crippen LogP contribution is 2.06. The topological polar surface area (TPSA) is 17.8 Å². The molecule has 0 spiro atoms. The van der Waals surface area contributed by atoms with Crippen LogP contribution in [-0.2, 0) is 6.54 Å². The first kappa shape index (κ1) is 13.0. The van der Waals surface area contributed by atoms with Crippen molar-refractivity contribution in [1.82, 2.24) is 9.55 Å². The normalized spacial score (nSPS) is 10.8. The van der Waals surface area contributed by atoms with Crippen molar-refractivity contribution in [1.29, 1.82) is 0 Å². The van der Waals surface area contributed by atoms with Crippen molar-refractivity contribution >= 4 is 7.25 Å². The van der Waals surface area contributed by atoms with Gasteiger partial charge in [-0.05, 0) is 20.8 Å². The lowest BCUT2D eigenvalue weighted by atomic mass is 10.3. The third-order valence-corrected chi connectivity index (χ3v) is 1.44. The molecule has 0 amide bonds. The van der Waals surface area contributed by atoms with Gasteiger partial charge in [0.05, 0.1) is 5.69 Å². The van der Waals surface area contributed by atoms with Crippen LogP contribution in [0.15, 0.2) is 6.20 Å². The molecule has 0 saturated carbocycles. The highest BCUT2D eigenvalue weighted by atomic mass is 19.5. The summed E-state index contributed by atoms with van der Waals surface area (Å²) in [6.45, 7) is 7.18. The molecule has 0 atom stereocenters. The summed E-state index contributed by atoms with van der Waals surface area (Å²) in [6, 6.07) is 0. The van der Waals surface area contributed by atoms with Gasteiger partial charge < -0.3 is 21.8 Å². The van der Waals surface area contributed by atoms with Gasteiger partial charge in [0.2, 0.25) is 0 Å². The second kappa shape index (κ2) is 5.02. The predicted octanol–water partition coefficient (Wildman–Crippen LogP) is 2.82. The Balaban J connectivity index is 0.000000292. The van der Waals surface area contributed by atoms with E-state index in [1.54, 1.807) is 0 Å². The molecule has 1 aromatic heterocycles. The van der Waals surface area contributed by atoms with Crippen LogP contribution in [-0.4, -0.2) is 16.8 Å². The molecule has 14 heavy (non-hydrogen) atoms. The van der Waals surface area contributed by atoms with Gasteiger partial charge in [0.25, 0.3) is 0 Å². The lowest BCUT2D eigenvalue weighted by Crippen LogP contribution is -2.02. The van der Waals surface area contributed by atoms with Gasteiger partial charge in [-0.3, -0.25) is 0 Å². The van der Waals surface area contributed by atoms with Gasteiger partial charge in [0, 0.05) is 12.7 Å². The Hall–Kier alpha value is -1.01. The Kier molecular flexibility index (Phi) is 4.66. The lowest BCUT2D eigenvalue weighted by molar-refractivity contribution is 0.368. The molecule has 1 heterocycles. The highest BCUT2D eigenvalue weighted by Gasteiger charge is 2.20. The number of imidazole rings is 1. The Morgan fingerprint density at radius 1 is 1.29 bits per heavy atom. The van der Waals surface area contributed by atoms with Crippen LogP contribution in [0.2, 0.25) is 0 Å². The molecular weight excluding hydrogens is 199 g/mol. The average molecular weight is 211 g/mol. The summed E-state index contributed by atoms with van der Waals surface area (Å²) in [5.74, 6) is 1.11. The number of aryl methyl sites for hydroxylation is 3. The number of halogens is 4. The first-order chi connectivity index (χ1) is 6.24. The minimum atomic E-state index is -6.00. The summed E-state index contributed by atoms with van der Waals surface area (Å²) < 4.78 is 41.1. The number of hydrogen-bond acceptors (Lipinski definition) is 1. The molecule has 2 nitrogen and oxygen atoms in total. The predicted molar refractivity (Wildman–Crippen MR) is 47.6 cm³/mol. The standard InChI is InChI=1S/C7H12N2.BF4/c1-4-9-5-6(2)8-7(9)3;2-1(3,4)5/h5H,4H2,1-3H3;/q;-1. The van der Waals surface area contributed by atoms with Crippen molar-refractivity contribution in [2.75, 3.05) is 0 Å². The lowest BCUT2D eigenvalue weighted by Gasteiger charge is -1.95. The fraction of sp³-hybridized carbons (Fsp3) is 0.571. The fourth-order valence-electron chi connectivity index (χ4n) is 0.987. The van der Waals surface area contributed by atoms with Gasteiger partial charge >= 0.3 is 7.25 Å². The maximum atomic E-state index is 9.75. The maximum absolute atomic E-state index is 9.75. The van der Waals surface area contributed by atoms with Crippen LogP contribution in [0.4, 0.5) is 17.3 Å². The summed E-state index contributed by atoms with van der Waals surface area (Å²) >= 11 is 0. The van der Waals surface area contributed by atoms with E-state index < -0.39 is 7.25 Å². The SMILES string of the molecule is CCn1cc(C)nc1C.F[B-](F)(F)F. The molecule has 0 unspecified atom stereocenters. The van der Waals surface area contributed by atoms with Crippen LogP contribution in [0.3, 0.4) is 0 Å². The summed E-state index contributed by atoms with van der Waals surface area (Å²) in [5.41, 5.74) is 1.11. The number of nitrogens with zero attached hydrogens (tertiary/aromatic N) is 2. The van der Waals surface area contributed by atoms with Crippen molar-refractivity contribution in [3.8, 4) is 0 Å². The molecular formula is C7H12BF4N2-. The largest absolute Gasteiger partial charge is 0.673 e. The molecule has 0 aromatic carbocycles. The fourth-order valence-corrected chi connectivity index (χ4v) is 0.987. The quantitative estimate of drug-likeness (QED) is 0.515. The van der Waals surface area contributed by atoms with Crippen LogP contribution in [0.25, 0.3) is 0 Å². The van der Waals surface area contributed by atoms with Gasteiger partial charge in [-0.15, -0.1) is 0 Å². The van der Waals surface area contributed by atoms with E-state index in [0.29, 0.717) is 0 Å². The van der Waals surface area contributed by atoms with Gasteiger partial charge in [-0.25, -0.2) is 4.98 Å². The van der Waals surface area contributed by atoms with E-state index in [2.05, 4.69) is 22.7 Å². The highest BCUT2D eigenvalue weighted by molar-refractivity contribution is 6.50. The van der Waals surface area contributed by atoms with E-state index in [-0.39, 0.29) is 0 Å². The Morgan fingerprint density at radius 3 is 1.86 bits per heavy atom. The molecule has 0 aliphatic rings. The number of hydrogen-bond donors (Lipinski definition) is 0. The van der Waals surface area contributed by atoms with Crippen LogP contribution in [0, 0.1) is 13.8 Å². The van der Waals surface area contributed by atoms with Crippen molar-refractivity contribution in [3.05, 3.63) is 17.7 Å². The van der Waals surface area contributed by atoms with Crippen LogP contribution < -0.4 is 0 Å². The van der Waals surface area contributed by atoms with Gasteiger partial charge in [-0.1, -0.05) is 0 Å². The van der Waals surface area contributed by atoms with E-state index in [9.17, 15) is 17.3 Å². The van der Waals surface area contributed by atoms with Crippen molar-refractivity contribution in [3.63, 3.8) is 0 Å². The molecule has 0 saturated heterocycles. The molecule has 7 heteroatoms. The van der Waals surface area contributed by atoms with E-state index in [0.717, 1.165) is 18.1 Å². The monoisotopic (exact) mass is 211 g/mol. The molecule has 0 aliphatic heterocycles. The smallest absolute Gasteiger partial charge is 0.418 e. The zero-order chi connectivity index (χ0) is 11.4. The zero-order valence-electron chi connectivity index (χ0n) is 8.27. The van der Waals surface area contributed by atoms with E-state index in [1.807, 2.05) is 13.8 Å². The molecule has 1 rings (SSSR count). The average Bonchev–Trinajstić information content (AvgIpc) is 2.25. The van der Waals surface area contributed by atoms with Gasteiger partial charge in [0.15, 0.2) is 0 Å². The third-order valence-electron chi connectivity index (χ3n) is 1.44. The van der Waals surface area contributed by atoms with Crippen LogP contribution >= 0.6 is 0 Å².